The summed E-state index contributed by atoms with van der Waals surface area (Å²) in [6, 6.07) is 0. The van der Waals surface area contributed by atoms with E-state index in [2.05, 4.69) is 41.5 Å². The fourth-order valence-corrected chi connectivity index (χ4v) is 4.06. The molecule has 0 bridgehead atoms. The van der Waals surface area contributed by atoms with E-state index in [1.807, 2.05) is 6.92 Å². The summed E-state index contributed by atoms with van der Waals surface area (Å²) >= 11 is 0. The van der Waals surface area contributed by atoms with Gasteiger partial charge in [-0.15, -0.1) is 0 Å². The van der Waals surface area contributed by atoms with E-state index < -0.39 is 6.29 Å². The van der Waals surface area contributed by atoms with Gasteiger partial charge < -0.3 is 0 Å². The molecule has 0 aromatic carbocycles. The molecule has 0 aromatic heterocycles. The summed E-state index contributed by atoms with van der Waals surface area (Å²) in [6.07, 6.45) is 7.85. The maximum absolute atomic E-state index is 13.4. The fourth-order valence-electron chi connectivity index (χ4n) is 4.06. The van der Waals surface area contributed by atoms with E-state index >= 15 is 0 Å². The fraction of sp³-hybridized carbons (Fsp3) is 0.917. The molecule has 1 rings (SSSR count). The van der Waals surface area contributed by atoms with E-state index in [1.165, 1.54) is 0 Å². The first kappa shape index (κ1) is 25.3. The summed E-state index contributed by atoms with van der Waals surface area (Å²) in [5.41, 5.74) is -0.343. The molecule has 1 aliphatic heterocycles. The molecular weight excluding hydrogens is 352 g/mol. The number of carbonyl (C=O) groups excluding carboxylic acids is 2. The highest BCUT2D eigenvalue weighted by molar-refractivity contribution is 5.87. The number of hydrogen-bond acceptors (Lipinski definition) is 4. The van der Waals surface area contributed by atoms with Gasteiger partial charge in [0.2, 0.25) is 6.29 Å². The average molecular weight is 397 g/mol. The summed E-state index contributed by atoms with van der Waals surface area (Å²) in [5.74, 6) is 1.07. The maximum Gasteiger partial charge on any atom is 0.234 e. The molecule has 0 spiro atoms. The lowest BCUT2D eigenvalue weighted by Gasteiger charge is -2.31. The van der Waals surface area contributed by atoms with Gasteiger partial charge in [0.15, 0.2) is 0 Å². The lowest BCUT2D eigenvalue weighted by molar-refractivity contribution is -0.134. The van der Waals surface area contributed by atoms with E-state index in [9.17, 15) is 9.59 Å². The third-order valence-electron chi connectivity index (χ3n) is 6.72. The van der Waals surface area contributed by atoms with Crippen molar-refractivity contribution >= 4 is 11.6 Å². The largest absolute Gasteiger partial charge is 0.299 e. The van der Waals surface area contributed by atoms with Gasteiger partial charge in [0.1, 0.15) is 11.6 Å². The van der Waals surface area contributed by atoms with Crippen molar-refractivity contribution in [2.75, 3.05) is 0 Å². The minimum Gasteiger partial charge on any atom is -0.299 e. The summed E-state index contributed by atoms with van der Waals surface area (Å²) in [6.45, 7) is 14.9. The van der Waals surface area contributed by atoms with Crippen LogP contribution in [0.3, 0.4) is 0 Å². The SMILES string of the molecule is CCCCC(CC)C(=O)C(C)CCC(C(=O)C(C)(CC)CCC(C)C)C1OO1. The van der Waals surface area contributed by atoms with Gasteiger partial charge in [-0.2, -0.15) is 9.78 Å². The first-order valence-corrected chi connectivity index (χ1v) is 11.6. The zero-order valence-electron chi connectivity index (χ0n) is 19.4. The Hall–Kier alpha value is -0.740. The van der Waals surface area contributed by atoms with Crippen LogP contribution in [0.2, 0.25) is 0 Å². The van der Waals surface area contributed by atoms with E-state index in [1.54, 1.807) is 0 Å². The summed E-state index contributed by atoms with van der Waals surface area (Å²) in [4.78, 5) is 36.3. The van der Waals surface area contributed by atoms with Crippen molar-refractivity contribution in [1.29, 1.82) is 0 Å². The minimum atomic E-state index is -0.415. The highest BCUT2D eigenvalue weighted by Crippen LogP contribution is 2.39. The second-order valence-corrected chi connectivity index (χ2v) is 9.51. The first-order chi connectivity index (χ1) is 13.2. The molecule has 4 nitrogen and oxygen atoms in total. The molecule has 4 unspecified atom stereocenters. The standard InChI is InChI=1S/C24H44O4/c1-8-11-12-19(9-2)21(25)18(6)13-14-20(23-27-28-23)22(26)24(7,10-3)16-15-17(4)5/h17-20,23H,8-16H2,1-7H3. The van der Waals surface area contributed by atoms with Gasteiger partial charge in [0, 0.05) is 17.3 Å². The van der Waals surface area contributed by atoms with Crippen molar-refractivity contribution < 1.29 is 19.4 Å². The lowest BCUT2D eigenvalue weighted by Crippen LogP contribution is -2.36. The van der Waals surface area contributed by atoms with Crippen LogP contribution >= 0.6 is 0 Å². The topological polar surface area (TPSA) is 59.2 Å². The van der Waals surface area contributed by atoms with Gasteiger partial charge in [0.25, 0.3) is 0 Å². The highest BCUT2D eigenvalue weighted by atomic mass is 17.4. The Morgan fingerprint density at radius 1 is 0.964 bits per heavy atom. The Balaban J connectivity index is 2.71. The Bertz CT molecular complexity index is 483. The zero-order valence-corrected chi connectivity index (χ0v) is 19.4. The number of hydrogen-bond donors (Lipinski definition) is 0. The van der Waals surface area contributed by atoms with Crippen LogP contribution in [0.5, 0.6) is 0 Å². The molecule has 1 heterocycles. The maximum atomic E-state index is 13.4. The molecule has 4 heteroatoms. The quantitative estimate of drug-likeness (QED) is 0.220. The van der Waals surface area contributed by atoms with Crippen molar-refractivity contribution in [1.82, 2.24) is 0 Å². The Kier molecular flexibility index (Phi) is 10.9. The molecule has 4 atom stereocenters. The van der Waals surface area contributed by atoms with Crippen LogP contribution < -0.4 is 0 Å². The summed E-state index contributed by atoms with van der Waals surface area (Å²) in [7, 11) is 0. The minimum absolute atomic E-state index is 0.0144. The molecule has 0 amide bonds. The molecule has 0 saturated carbocycles. The third-order valence-corrected chi connectivity index (χ3v) is 6.72. The van der Waals surface area contributed by atoms with Gasteiger partial charge in [-0.05, 0) is 44.4 Å². The Morgan fingerprint density at radius 2 is 1.61 bits per heavy atom. The van der Waals surface area contributed by atoms with Crippen LogP contribution in [0.25, 0.3) is 0 Å². The number of rotatable bonds is 16. The van der Waals surface area contributed by atoms with Crippen LogP contribution in [-0.2, 0) is 19.4 Å². The van der Waals surface area contributed by atoms with E-state index in [0.717, 1.165) is 51.4 Å². The van der Waals surface area contributed by atoms with Crippen LogP contribution in [-0.4, -0.2) is 17.9 Å². The van der Waals surface area contributed by atoms with Crippen molar-refractivity contribution in [3.8, 4) is 0 Å². The number of carbonyl (C=O) groups is 2. The van der Waals surface area contributed by atoms with Gasteiger partial charge >= 0.3 is 0 Å². The van der Waals surface area contributed by atoms with Crippen LogP contribution in [0, 0.1) is 29.1 Å². The molecule has 0 aliphatic carbocycles. The molecule has 164 valence electrons. The van der Waals surface area contributed by atoms with Gasteiger partial charge in [-0.25, -0.2) is 0 Å². The second kappa shape index (κ2) is 12.1. The molecule has 0 N–H and O–H groups in total. The average Bonchev–Trinajstić information content (AvgIpc) is 3.51. The summed E-state index contributed by atoms with van der Waals surface area (Å²) < 4.78 is 0. The zero-order chi connectivity index (χ0) is 21.3. The number of ketones is 2. The number of Topliss-reactive ketones (excluding diaryl/α,β-unsaturated/α-hetero) is 2. The Morgan fingerprint density at radius 3 is 2.07 bits per heavy atom. The van der Waals surface area contributed by atoms with Crippen LogP contribution in [0.15, 0.2) is 0 Å². The lowest BCUT2D eigenvalue weighted by atomic mass is 9.71. The van der Waals surface area contributed by atoms with Crippen LogP contribution in [0.1, 0.15) is 106 Å². The predicted molar refractivity (Wildman–Crippen MR) is 114 cm³/mol. The highest BCUT2D eigenvalue weighted by Gasteiger charge is 2.46. The number of unbranched alkanes of at least 4 members (excludes halogenated alkanes) is 1. The normalized spacial score (nSPS) is 19.9. The van der Waals surface area contributed by atoms with E-state index in [-0.39, 0.29) is 29.0 Å². The van der Waals surface area contributed by atoms with Crippen molar-refractivity contribution in [2.24, 2.45) is 29.1 Å². The molecular formula is C24H44O4. The molecule has 1 aliphatic rings. The van der Waals surface area contributed by atoms with Crippen molar-refractivity contribution in [2.45, 2.75) is 113 Å². The van der Waals surface area contributed by atoms with Crippen molar-refractivity contribution in [3.05, 3.63) is 0 Å². The van der Waals surface area contributed by atoms with Gasteiger partial charge in [0.05, 0.1) is 5.92 Å². The Labute approximate surface area is 173 Å². The molecule has 1 fully saturated rings. The van der Waals surface area contributed by atoms with Gasteiger partial charge in [-0.3, -0.25) is 9.59 Å². The first-order valence-electron chi connectivity index (χ1n) is 11.6. The van der Waals surface area contributed by atoms with Crippen molar-refractivity contribution in [3.63, 3.8) is 0 Å². The second-order valence-electron chi connectivity index (χ2n) is 9.51. The predicted octanol–water partition coefficient (Wildman–Crippen LogP) is 6.51. The molecule has 1 saturated heterocycles. The van der Waals surface area contributed by atoms with Gasteiger partial charge in [-0.1, -0.05) is 67.7 Å². The summed E-state index contributed by atoms with van der Waals surface area (Å²) in [5, 5.41) is 0. The third kappa shape index (κ3) is 7.59. The smallest absolute Gasteiger partial charge is 0.234 e. The monoisotopic (exact) mass is 396 g/mol. The molecule has 0 radical (unpaired) electrons. The molecule has 0 aromatic rings. The van der Waals surface area contributed by atoms with Crippen LogP contribution in [0.4, 0.5) is 0 Å². The molecule has 28 heavy (non-hydrogen) atoms. The van der Waals surface area contributed by atoms with E-state index in [0.29, 0.717) is 18.1 Å². The van der Waals surface area contributed by atoms with E-state index in [4.69, 9.17) is 9.78 Å².